The summed E-state index contributed by atoms with van der Waals surface area (Å²) >= 11 is 0. The Balaban J connectivity index is 1.35. The average molecular weight is 426 g/mol. The number of nitrogens with zero attached hydrogens (tertiary/aromatic N) is 3. The lowest BCUT2D eigenvalue weighted by Gasteiger charge is -2.34. The van der Waals surface area contributed by atoms with Crippen molar-refractivity contribution in [2.45, 2.75) is 26.8 Å². The van der Waals surface area contributed by atoms with Crippen LogP contribution < -0.4 is 10.1 Å². The average Bonchev–Trinajstić information content (AvgIpc) is 3.40. The monoisotopic (exact) mass is 426 g/mol. The number of aromatic nitrogens is 1. The van der Waals surface area contributed by atoms with Crippen LogP contribution in [0.25, 0.3) is 11.0 Å². The number of piperazine rings is 1. The number of aryl methyl sites for hydroxylation is 1. The Labute approximate surface area is 179 Å². The Morgan fingerprint density at radius 1 is 1.19 bits per heavy atom. The molecule has 1 N–H and O–H groups in total. The third-order valence-corrected chi connectivity index (χ3v) is 5.29. The van der Waals surface area contributed by atoms with Crippen molar-refractivity contribution in [3.05, 3.63) is 47.5 Å². The fourth-order valence-electron chi connectivity index (χ4n) is 3.62. The van der Waals surface area contributed by atoms with Gasteiger partial charge in [0.05, 0.1) is 18.3 Å². The summed E-state index contributed by atoms with van der Waals surface area (Å²) in [5.74, 6) is 1.36. The van der Waals surface area contributed by atoms with Gasteiger partial charge in [-0.1, -0.05) is 17.3 Å². The number of furan rings is 1. The number of amides is 3. The highest BCUT2D eigenvalue weighted by Crippen LogP contribution is 2.31. The van der Waals surface area contributed by atoms with Crippen molar-refractivity contribution >= 4 is 22.9 Å². The maximum Gasteiger partial charge on any atom is 0.318 e. The van der Waals surface area contributed by atoms with Gasteiger partial charge in [-0.25, -0.2) is 4.79 Å². The van der Waals surface area contributed by atoms with Crippen LogP contribution in [-0.2, 0) is 0 Å². The molecule has 0 aliphatic carbocycles. The van der Waals surface area contributed by atoms with Crippen LogP contribution in [0.3, 0.4) is 0 Å². The summed E-state index contributed by atoms with van der Waals surface area (Å²) in [6, 6.07) is 8.75. The smallest absolute Gasteiger partial charge is 0.318 e. The van der Waals surface area contributed by atoms with Gasteiger partial charge < -0.3 is 28.8 Å². The Morgan fingerprint density at radius 3 is 2.61 bits per heavy atom. The van der Waals surface area contributed by atoms with E-state index < -0.39 is 0 Å². The molecule has 0 radical (unpaired) electrons. The van der Waals surface area contributed by atoms with Gasteiger partial charge in [-0.15, -0.1) is 0 Å². The third-order valence-electron chi connectivity index (χ3n) is 5.29. The molecule has 0 spiro atoms. The number of urea groups is 1. The second-order valence-corrected chi connectivity index (χ2v) is 7.54. The van der Waals surface area contributed by atoms with Crippen LogP contribution in [0.15, 0.2) is 39.3 Å². The van der Waals surface area contributed by atoms with Crippen LogP contribution in [0.2, 0.25) is 0 Å². The summed E-state index contributed by atoms with van der Waals surface area (Å²) in [6.07, 6.45) is 0. The molecule has 2 aromatic heterocycles. The van der Waals surface area contributed by atoms with Gasteiger partial charge in [-0.3, -0.25) is 4.79 Å². The SMILES string of the molecule is CCOc1cccc2cc(C(C)NC(=O)N3CCN(C(=O)c4cc(C)no4)CC3)oc12. The topological polar surface area (TPSA) is 101 Å². The number of hydrogen-bond acceptors (Lipinski definition) is 6. The molecule has 1 fully saturated rings. The number of ether oxygens (including phenoxy) is 1. The summed E-state index contributed by atoms with van der Waals surface area (Å²) < 4.78 is 16.6. The molecule has 3 heterocycles. The van der Waals surface area contributed by atoms with E-state index in [1.54, 1.807) is 22.8 Å². The van der Waals surface area contributed by atoms with Crippen molar-refractivity contribution in [3.8, 4) is 5.75 Å². The molecule has 1 aliphatic heterocycles. The van der Waals surface area contributed by atoms with E-state index >= 15 is 0 Å². The summed E-state index contributed by atoms with van der Waals surface area (Å²) in [5, 5.41) is 7.66. The molecule has 9 heteroatoms. The van der Waals surface area contributed by atoms with E-state index in [1.165, 1.54) is 0 Å². The van der Waals surface area contributed by atoms with Crippen LogP contribution >= 0.6 is 0 Å². The van der Waals surface area contributed by atoms with Crippen LogP contribution in [0.5, 0.6) is 5.75 Å². The van der Waals surface area contributed by atoms with Gasteiger partial charge in [0, 0.05) is 37.6 Å². The lowest BCUT2D eigenvalue weighted by Crippen LogP contribution is -2.53. The second-order valence-electron chi connectivity index (χ2n) is 7.54. The number of carbonyl (C=O) groups excluding carboxylic acids is 2. The normalized spacial score (nSPS) is 15.2. The summed E-state index contributed by atoms with van der Waals surface area (Å²) in [7, 11) is 0. The van der Waals surface area contributed by atoms with Gasteiger partial charge in [0.15, 0.2) is 11.3 Å². The van der Waals surface area contributed by atoms with Gasteiger partial charge in [-0.2, -0.15) is 0 Å². The molecule has 1 aliphatic rings. The van der Waals surface area contributed by atoms with E-state index in [0.29, 0.717) is 55.6 Å². The number of fused-ring (bicyclic) bond motifs is 1. The second kappa shape index (κ2) is 8.71. The van der Waals surface area contributed by atoms with Crippen molar-refractivity contribution in [2.24, 2.45) is 0 Å². The zero-order valence-electron chi connectivity index (χ0n) is 17.9. The first-order valence-electron chi connectivity index (χ1n) is 10.4. The molecule has 1 aromatic carbocycles. The van der Waals surface area contributed by atoms with Gasteiger partial charge in [0.25, 0.3) is 5.91 Å². The molecule has 1 unspecified atom stereocenters. The number of carbonyl (C=O) groups is 2. The van der Waals surface area contributed by atoms with Gasteiger partial charge in [0.2, 0.25) is 5.76 Å². The number of para-hydroxylation sites is 1. The van der Waals surface area contributed by atoms with Crippen molar-refractivity contribution in [1.82, 2.24) is 20.3 Å². The summed E-state index contributed by atoms with van der Waals surface area (Å²) in [4.78, 5) is 28.6. The highest BCUT2D eigenvalue weighted by atomic mass is 16.5. The van der Waals surface area contributed by atoms with Crippen LogP contribution in [0.1, 0.15) is 41.9 Å². The first kappa shape index (κ1) is 20.8. The Morgan fingerprint density at radius 2 is 1.94 bits per heavy atom. The Kier molecular flexibility index (Phi) is 5.83. The Bertz CT molecular complexity index is 1080. The van der Waals surface area contributed by atoms with Gasteiger partial charge in [0.1, 0.15) is 5.76 Å². The fraction of sp³-hybridized carbons (Fsp3) is 0.409. The van der Waals surface area contributed by atoms with Crippen molar-refractivity contribution < 1.29 is 23.3 Å². The zero-order chi connectivity index (χ0) is 22.0. The predicted molar refractivity (Wildman–Crippen MR) is 113 cm³/mol. The summed E-state index contributed by atoms with van der Waals surface area (Å²) in [6.45, 7) is 7.85. The molecule has 3 aromatic rings. The molecular formula is C22H26N4O5. The minimum atomic E-state index is -0.314. The minimum Gasteiger partial charge on any atom is -0.490 e. The molecule has 0 bridgehead atoms. The van der Waals surface area contributed by atoms with E-state index in [0.717, 1.165) is 5.39 Å². The first-order valence-corrected chi connectivity index (χ1v) is 10.4. The Hall–Kier alpha value is -3.49. The lowest BCUT2D eigenvalue weighted by molar-refractivity contribution is 0.0623. The zero-order valence-corrected chi connectivity index (χ0v) is 17.9. The predicted octanol–water partition coefficient (Wildman–Crippen LogP) is 3.36. The number of rotatable bonds is 5. The summed E-state index contributed by atoms with van der Waals surface area (Å²) in [5.41, 5.74) is 1.34. The molecule has 31 heavy (non-hydrogen) atoms. The largest absolute Gasteiger partial charge is 0.490 e. The van der Waals surface area contributed by atoms with Crippen LogP contribution in [0.4, 0.5) is 4.79 Å². The van der Waals surface area contributed by atoms with E-state index in [4.69, 9.17) is 13.7 Å². The highest BCUT2D eigenvalue weighted by Gasteiger charge is 2.28. The first-order chi connectivity index (χ1) is 15.0. The highest BCUT2D eigenvalue weighted by molar-refractivity contribution is 5.91. The molecule has 1 atom stereocenters. The number of hydrogen-bond donors (Lipinski definition) is 1. The molecule has 164 valence electrons. The molecule has 1 saturated heterocycles. The maximum absolute atomic E-state index is 12.7. The van der Waals surface area contributed by atoms with E-state index in [9.17, 15) is 9.59 Å². The van der Waals surface area contributed by atoms with Crippen molar-refractivity contribution in [1.29, 1.82) is 0 Å². The van der Waals surface area contributed by atoms with Crippen molar-refractivity contribution in [2.75, 3.05) is 32.8 Å². The third kappa shape index (κ3) is 4.35. The van der Waals surface area contributed by atoms with Gasteiger partial charge >= 0.3 is 6.03 Å². The number of benzene rings is 1. The van der Waals surface area contributed by atoms with E-state index in [-0.39, 0.29) is 23.7 Å². The van der Waals surface area contributed by atoms with E-state index in [1.807, 2.05) is 38.1 Å². The van der Waals surface area contributed by atoms with Crippen LogP contribution in [0, 0.1) is 6.92 Å². The maximum atomic E-state index is 12.7. The van der Waals surface area contributed by atoms with Crippen LogP contribution in [-0.4, -0.2) is 59.7 Å². The molecule has 4 rings (SSSR count). The standard InChI is InChI=1S/C22H26N4O5/c1-4-29-17-7-5-6-16-13-18(30-20(16)17)15(3)23-22(28)26-10-8-25(9-11-26)21(27)19-12-14(2)24-31-19/h5-7,12-13,15H,4,8-11H2,1-3H3,(H,23,28). The fourth-order valence-corrected chi connectivity index (χ4v) is 3.62. The lowest BCUT2D eigenvalue weighted by atomic mass is 10.2. The minimum absolute atomic E-state index is 0.194. The van der Waals surface area contributed by atoms with Crippen molar-refractivity contribution in [3.63, 3.8) is 0 Å². The molecule has 9 nitrogen and oxygen atoms in total. The van der Waals surface area contributed by atoms with Gasteiger partial charge in [-0.05, 0) is 32.9 Å². The number of nitrogens with one attached hydrogen (secondary N) is 1. The quantitative estimate of drug-likeness (QED) is 0.671. The van der Waals surface area contributed by atoms with E-state index in [2.05, 4.69) is 10.5 Å². The molecular weight excluding hydrogens is 400 g/mol. The molecule has 0 saturated carbocycles. The molecule has 3 amide bonds.